The third-order valence-electron chi connectivity index (χ3n) is 3.50. The fourth-order valence-electron chi connectivity index (χ4n) is 2.13. The summed E-state index contributed by atoms with van der Waals surface area (Å²) in [6.07, 6.45) is 1.01. The number of ether oxygens (including phenoxy) is 2. The van der Waals surface area contributed by atoms with Crippen molar-refractivity contribution in [3.05, 3.63) is 54.1 Å². The summed E-state index contributed by atoms with van der Waals surface area (Å²) in [5.41, 5.74) is 0.569. The topological polar surface area (TPSA) is 68.1 Å². The van der Waals surface area contributed by atoms with Gasteiger partial charge >= 0.3 is 0 Å². The normalized spacial score (nSPS) is 11.4. The van der Waals surface area contributed by atoms with Gasteiger partial charge in [-0.3, -0.25) is 4.79 Å². The molecule has 0 saturated heterocycles. The van der Waals surface area contributed by atoms with Crippen molar-refractivity contribution < 1.29 is 19.5 Å². The number of nitrogens with zero attached hydrogens (tertiary/aromatic N) is 1. The molecule has 0 aliphatic carbocycles. The average molecular weight is 373 g/mol. The fraction of sp³-hybridized carbons (Fsp3) is 0.300. The Bertz CT molecular complexity index is 726. The van der Waals surface area contributed by atoms with Crippen molar-refractivity contribution in [3.8, 4) is 5.75 Å². The molecule has 0 amide bonds. The molecule has 0 atom stereocenters. The summed E-state index contributed by atoms with van der Waals surface area (Å²) in [4.78, 5) is 14.0. The van der Waals surface area contributed by atoms with Crippen LogP contribution in [-0.4, -0.2) is 36.5 Å². The zero-order valence-corrected chi connectivity index (χ0v) is 15.8. The van der Waals surface area contributed by atoms with Gasteiger partial charge in [0.05, 0.1) is 6.61 Å². The molecule has 0 radical (unpaired) electrons. The maximum atomic E-state index is 11.9. The number of carbonyl (C=O) groups excluding carboxylic acids is 1. The van der Waals surface area contributed by atoms with Crippen LogP contribution in [0.1, 0.15) is 30.6 Å². The maximum Gasteiger partial charge on any atom is 0.210 e. The number of oxime groups is 1. The molecule has 0 aromatic heterocycles. The number of hydrogen-bond donors (Lipinski definition) is 1. The molecular formula is C20H23NO4S. The minimum absolute atomic E-state index is 0.0704. The van der Waals surface area contributed by atoms with E-state index < -0.39 is 0 Å². The standard InChI is InChI=1S/C20H23NO4S/c1-3-12-24-13-14-25-17-6-10-19(11-7-17)26-18-8-4-16(5-9-18)20(22)15(2)21-23/h4-11,23H,3,12-14H2,1-2H3/b21-15+. The van der Waals surface area contributed by atoms with Crippen LogP contribution in [0.25, 0.3) is 0 Å². The van der Waals surface area contributed by atoms with Gasteiger partial charge in [0.1, 0.15) is 18.1 Å². The largest absolute Gasteiger partial charge is 0.491 e. The second-order valence-electron chi connectivity index (χ2n) is 5.57. The second-order valence-corrected chi connectivity index (χ2v) is 6.72. The number of hydrogen-bond acceptors (Lipinski definition) is 6. The van der Waals surface area contributed by atoms with Crippen LogP contribution in [0.2, 0.25) is 0 Å². The monoisotopic (exact) mass is 373 g/mol. The lowest BCUT2D eigenvalue weighted by Crippen LogP contribution is -2.10. The Morgan fingerprint density at radius 3 is 2.19 bits per heavy atom. The van der Waals surface area contributed by atoms with E-state index in [-0.39, 0.29) is 11.5 Å². The Labute approximate surface area is 158 Å². The second kappa shape index (κ2) is 10.6. The molecule has 0 heterocycles. The van der Waals surface area contributed by atoms with Crippen LogP contribution < -0.4 is 4.74 Å². The molecule has 0 saturated carbocycles. The van der Waals surface area contributed by atoms with E-state index in [0.717, 1.165) is 28.6 Å². The van der Waals surface area contributed by atoms with E-state index >= 15 is 0 Å². The lowest BCUT2D eigenvalue weighted by atomic mass is 10.1. The Kier molecular flexibility index (Phi) is 8.18. The van der Waals surface area contributed by atoms with Gasteiger partial charge in [0.25, 0.3) is 0 Å². The van der Waals surface area contributed by atoms with Crippen molar-refractivity contribution in [1.29, 1.82) is 0 Å². The molecule has 5 nitrogen and oxygen atoms in total. The van der Waals surface area contributed by atoms with Gasteiger partial charge < -0.3 is 14.7 Å². The molecule has 0 bridgehead atoms. The molecule has 1 N–H and O–H groups in total. The first-order chi connectivity index (χ1) is 12.6. The molecule has 0 spiro atoms. The third-order valence-corrected chi connectivity index (χ3v) is 4.52. The van der Waals surface area contributed by atoms with Crippen LogP contribution in [-0.2, 0) is 4.74 Å². The van der Waals surface area contributed by atoms with Gasteiger partial charge in [-0.1, -0.05) is 23.8 Å². The molecule has 26 heavy (non-hydrogen) atoms. The SMILES string of the molecule is CCCOCCOc1ccc(Sc2ccc(C(=O)/C(C)=N/O)cc2)cc1. The van der Waals surface area contributed by atoms with E-state index in [0.29, 0.717) is 18.8 Å². The van der Waals surface area contributed by atoms with Gasteiger partial charge in [0.15, 0.2) is 0 Å². The molecule has 2 aromatic carbocycles. The first-order valence-electron chi connectivity index (χ1n) is 8.46. The van der Waals surface area contributed by atoms with Gasteiger partial charge in [-0.2, -0.15) is 0 Å². The predicted molar refractivity (Wildman–Crippen MR) is 103 cm³/mol. The minimum Gasteiger partial charge on any atom is -0.491 e. The summed E-state index contributed by atoms with van der Waals surface area (Å²) in [7, 11) is 0. The van der Waals surface area contributed by atoms with Crippen molar-refractivity contribution in [1.82, 2.24) is 0 Å². The summed E-state index contributed by atoms with van der Waals surface area (Å²) < 4.78 is 11.0. The van der Waals surface area contributed by atoms with E-state index in [1.54, 1.807) is 23.9 Å². The zero-order chi connectivity index (χ0) is 18.8. The van der Waals surface area contributed by atoms with E-state index in [1.165, 1.54) is 6.92 Å². The number of carbonyl (C=O) groups is 1. The predicted octanol–water partition coefficient (Wildman–Crippen LogP) is 4.68. The van der Waals surface area contributed by atoms with Crippen molar-refractivity contribution in [2.45, 2.75) is 30.1 Å². The van der Waals surface area contributed by atoms with Crippen molar-refractivity contribution in [2.24, 2.45) is 5.16 Å². The molecule has 0 aliphatic rings. The lowest BCUT2D eigenvalue weighted by molar-refractivity contribution is 0.101. The Balaban J connectivity index is 1.87. The van der Waals surface area contributed by atoms with E-state index in [9.17, 15) is 4.79 Å². The highest BCUT2D eigenvalue weighted by molar-refractivity contribution is 7.99. The van der Waals surface area contributed by atoms with Crippen LogP contribution in [0.3, 0.4) is 0 Å². The van der Waals surface area contributed by atoms with Gasteiger partial charge in [-0.15, -0.1) is 0 Å². The molecule has 138 valence electrons. The Hall–Kier alpha value is -2.31. The van der Waals surface area contributed by atoms with Crippen molar-refractivity contribution >= 4 is 23.3 Å². The van der Waals surface area contributed by atoms with Gasteiger partial charge in [0.2, 0.25) is 5.78 Å². The summed E-state index contributed by atoms with van der Waals surface area (Å²) in [5, 5.41) is 11.6. The van der Waals surface area contributed by atoms with Crippen molar-refractivity contribution in [2.75, 3.05) is 19.8 Å². The van der Waals surface area contributed by atoms with E-state index in [1.807, 2.05) is 36.4 Å². The van der Waals surface area contributed by atoms with Crippen LogP contribution in [0.5, 0.6) is 5.75 Å². The molecule has 0 unspecified atom stereocenters. The van der Waals surface area contributed by atoms with E-state index in [4.69, 9.17) is 14.7 Å². The smallest absolute Gasteiger partial charge is 0.210 e. The Morgan fingerprint density at radius 2 is 1.62 bits per heavy atom. The molecule has 6 heteroatoms. The summed E-state index contributed by atoms with van der Waals surface area (Å²) in [5.74, 6) is 0.530. The van der Waals surface area contributed by atoms with Gasteiger partial charge in [-0.25, -0.2) is 0 Å². The van der Waals surface area contributed by atoms with Crippen LogP contribution in [0.4, 0.5) is 0 Å². The van der Waals surface area contributed by atoms with Crippen LogP contribution in [0.15, 0.2) is 63.5 Å². The highest BCUT2D eigenvalue weighted by Gasteiger charge is 2.10. The molecule has 0 aliphatic heterocycles. The van der Waals surface area contributed by atoms with Crippen LogP contribution >= 0.6 is 11.8 Å². The Morgan fingerprint density at radius 1 is 1.00 bits per heavy atom. The first-order valence-corrected chi connectivity index (χ1v) is 9.27. The van der Waals surface area contributed by atoms with Gasteiger partial charge in [-0.05, 0) is 61.9 Å². The molecule has 0 fully saturated rings. The molecule has 2 rings (SSSR count). The van der Waals surface area contributed by atoms with Gasteiger partial charge in [0, 0.05) is 22.0 Å². The first kappa shape index (κ1) is 20.0. The number of Topliss-reactive ketones (excluding diaryl/α,β-unsaturated/α-hetero) is 1. The fourth-order valence-corrected chi connectivity index (χ4v) is 2.95. The molecule has 2 aromatic rings. The minimum atomic E-state index is -0.284. The zero-order valence-electron chi connectivity index (χ0n) is 15.0. The highest BCUT2D eigenvalue weighted by atomic mass is 32.2. The third kappa shape index (κ3) is 6.20. The van der Waals surface area contributed by atoms with E-state index in [2.05, 4.69) is 12.1 Å². The quantitative estimate of drug-likeness (QED) is 0.215. The number of ketones is 1. The molecular weight excluding hydrogens is 350 g/mol. The summed E-state index contributed by atoms with van der Waals surface area (Å²) in [6, 6.07) is 15.1. The number of rotatable bonds is 10. The maximum absolute atomic E-state index is 11.9. The summed E-state index contributed by atoms with van der Waals surface area (Å²) >= 11 is 1.59. The summed E-state index contributed by atoms with van der Waals surface area (Å²) in [6.45, 7) is 5.45. The van der Waals surface area contributed by atoms with Crippen LogP contribution in [0, 0.1) is 0 Å². The lowest BCUT2D eigenvalue weighted by Gasteiger charge is -2.08. The highest BCUT2D eigenvalue weighted by Crippen LogP contribution is 2.29. The van der Waals surface area contributed by atoms with Crippen molar-refractivity contribution in [3.63, 3.8) is 0 Å². The average Bonchev–Trinajstić information content (AvgIpc) is 2.68. The number of benzene rings is 2.